The first-order chi connectivity index (χ1) is 7.56. The molecule has 0 aromatic carbocycles. The highest BCUT2D eigenvalue weighted by molar-refractivity contribution is 5.86. The van der Waals surface area contributed by atoms with E-state index < -0.39 is 12.0 Å². The highest BCUT2D eigenvalue weighted by Crippen LogP contribution is 2.13. The van der Waals surface area contributed by atoms with Crippen molar-refractivity contribution in [3.8, 4) is 0 Å². The lowest BCUT2D eigenvalue weighted by atomic mass is 10.1. The van der Waals surface area contributed by atoms with E-state index in [1.807, 2.05) is 18.9 Å². The SMILES string of the molecule is CCCN1CCCN(C)C(CC(=O)O)C1=O. The van der Waals surface area contributed by atoms with Crippen molar-refractivity contribution in [1.82, 2.24) is 9.80 Å². The van der Waals surface area contributed by atoms with Crippen LogP contribution in [0.4, 0.5) is 0 Å². The highest BCUT2D eigenvalue weighted by Gasteiger charge is 2.31. The van der Waals surface area contributed by atoms with Gasteiger partial charge in [0.1, 0.15) is 0 Å². The van der Waals surface area contributed by atoms with Gasteiger partial charge in [0.05, 0.1) is 12.5 Å². The first-order valence-electron chi connectivity index (χ1n) is 5.77. The number of aliphatic carboxylic acids is 1. The molecule has 5 nitrogen and oxygen atoms in total. The minimum Gasteiger partial charge on any atom is -0.481 e. The normalized spacial score (nSPS) is 23.2. The van der Waals surface area contributed by atoms with E-state index in [4.69, 9.17) is 5.11 Å². The van der Waals surface area contributed by atoms with Gasteiger partial charge in [-0.15, -0.1) is 0 Å². The Bertz CT molecular complexity index is 268. The van der Waals surface area contributed by atoms with Crippen molar-refractivity contribution in [2.24, 2.45) is 0 Å². The second kappa shape index (κ2) is 5.84. The van der Waals surface area contributed by atoms with Crippen molar-refractivity contribution in [2.75, 3.05) is 26.7 Å². The van der Waals surface area contributed by atoms with Crippen LogP contribution in [0, 0.1) is 0 Å². The summed E-state index contributed by atoms with van der Waals surface area (Å²) in [5.41, 5.74) is 0. The summed E-state index contributed by atoms with van der Waals surface area (Å²) in [6.07, 6.45) is 1.73. The summed E-state index contributed by atoms with van der Waals surface area (Å²) in [7, 11) is 1.82. The summed E-state index contributed by atoms with van der Waals surface area (Å²) < 4.78 is 0. The van der Waals surface area contributed by atoms with Gasteiger partial charge < -0.3 is 10.0 Å². The molecular formula is C11H20N2O3. The van der Waals surface area contributed by atoms with E-state index in [2.05, 4.69) is 0 Å². The molecule has 1 rings (SSSR count). The number of carbonyl (C=O) groups is 2. The van der Waals surface area contributed by atoms with Gasteiger partial charge in [0, 0.05) is 19.6 Å². The van der Waals surface area contributed by atoms with E-state index in [0.29, 0.717) is 0 Å². The molecule has 1 N–H and O–H groups in total. The maximum atomic E-state index is 12.1. The number of hydrogen-bond acceptors (Lipinski definition) is 3. The summed E-state index contributed by atoms with van der Waals surface area (Å²) >= 11 is 0. The van der Waals surface area contributed by atoms with Crippen molar-refractivity contribution < 1.29 is 14.7 Å². The summed E-state index contributed by atoms with van der Waals surface area (Å²) in [4.78, 5) is 26.5. The molecule has 0 aromatic heterocycles. The van der Waals surface area contributed by atoms with Crippen molar-refractivity contribution in [3.05, 3.63) is 0 Å². The molecule has 0 bridgehead atoms. The van der Waals surface area contributed by atoms with Gasteiger partial charge in [0.25, 0.3) is 0 Å². The number of rotatable bonds is 4. The third-order valence-electron chi connectivity index (χ3n) is 2.93. The zero-order valence-electron chi connectivity index (χ0n) is 9.98. The van der Waals surface area contributed by atoms with Crippen molar-refractivity contribution in [3.63, 3.8) is 0 Å². The molecule has 0 spiro atoms. The first-order valence-corrected chi connectivity index (χ1v) is 5.77. The smallest absolute Gasteiger partial charge is 0.305 e. The predicted octanol–water partition coefficient (Wildman–Crippen LogP) is 0.404. The molecule has 5 heteroatoms. The van der Waals surface area contributed by atoms with Crippen molar-refractivity contribution in [2.45, 2.75) is 32.2 Å². The van der Waals surface area contributed by atoms with Crippen LogP contribution >= 0.6 is 0 Å². The van der Waals surface area contributed by atoms with E-state index in [0.717, 1.165) is 32.5 Å². The molecule has 92 valence electrons. The van der Waals surface area contributed by atoms with Gasteiger partial charge in [-0.2, -0.15) is 0 Å². The molecule has 0 saturated carbocycles. The average molecular weight is 228 g/mol. The third-order valence-corrected chi connectivity index (χ3v) is 2.93. The van der Waals surface area contributed by atoms with Crippen LogP contribution in [-0.2, 0) is 9.59 Å². The van der Waals surface area contributed by atoms with Crippen LogP contribution in [0.1, 0.15) is 26.2 Å². The lowest BCUT2D eigenvalue weighted by molar-refractivity contribution is -0.144. The molecule has 1 aliphatic rings. The van der Waals surface area contributed by atoms with Crippen LogP contribution in [0.5, 0.6) is 0 Å². The largest absolute Gasteiger partial charge is 0.481 e. The molecule has 0 aliphatic carbocycles. The maximum absolute atomic E-state index is 12.1. The van der Waals surface area contributed by atoms with Gasteiger partial charge >= 0.3 is 5.97 Å². The second-order valence-electron chi connectivity index (χ2n) is 4.27. The monoisotopic (exact) mass is 228 g/mol. The summed E-state index contributed by atoms with van der Waals surface area (Å²) in [6.45, 7) is 4.27. The second-order valence-corrected chi connectivity index (χ2v) is 4.27. The highest BCUT2D eigenvalue weighted by atomic mass is 16.4. The molecule has 1 saturated heterocycles. The zero-order chi connectivity index (χ0) is 12.1. The quantitative estimate of drug-likeness (QED) is 0.757. The Morgan fingerprint density at radius 3 is 2.75 bits per heavy atom. The summed E-state index contributed by atoms with van der Waals surface area (Å²) in [5.74, 6) is -0.951. The Hall–Kier alpha value is -1.10. The molecule has 1 aliphatic heterocycles. The molecule has 16 heavy (non-hydrogen) atoms. The number of likely N-dealkylation sites (N-methyl/N-ethyl adjacent to an activating group) is 1. The topological polar surface area (TPSA) is 60.9 Å². The molecule has 1 unspecified atom stereocenters. The lowest BCUT2D eigenvalue weighted by Crippen LogP contribution is -2.45. The van der Waals surface area contributed by atoms with Crippen LogP contribution in [0.3, 0.4) is 0 Å². The number of amides is 1. The van der Waals surface area contributed by atoms with Crippen molar-refractivity contribution in [1.29, 1.82) is 0 Å². The summed E-state index contributed by atoms with van der Waals surface area (Å²) in [5, 5.41) is 8.81. The molecule has 1 fully saturated rings. The van der Waals surface area contributed by atoms with Gasteiger partial charge in [0.2, 0.25) is 5.91 Å². The van der Waals surface area contributed by atoms with E-state index in [-0.39, 0.29) is 12.3 Å². The van der Waals surface area contributed by atoms with Crippen LogP contribution in [0.2, 0.25) is 0 Å². The van der Waals surface area contributed by atoms with Gasteiger partial charge in [-0.1, -0.05) is 6.92 Å². The number of hydrogen-bond donors (Lipinski definition) is 1. The zero-order valence-corrected chi connectivity index (χ0v) is 9.98. The summed E-state index contributed by atoms with van der Waals surface area (Å²) in [6, 6.07) is -0.494. The fourth-order valence-electron chi connectivity index (χ4n) is 2.08. The number of nitrogens with zero attached hydrogens (tertiary/aromatic N) is 2. The van der Waals surface area contributed by atoms with Gasteiger partial charge in [-0.3, -0.25) is 14.5 Å². The molecule has 1 amide bonds. The van der Waals surface area contributed by atoms with E-state index >= 15 is 0 Å². The molecule has 0 aromatic rings. The Morgan fingerprint density at radius 2 is 2.19 bits per heavy atom. The molecule has 0 radical (unpaired) electrons. The van der Waals surface area contributed by atoms with Gasteiger partial charge in [-0.05, 0) is 19.9 Å². The Balaban J connectivity index is 2.74. The third kappa shape index (κ3) is 3.20. The number of carboxylic acid groups (broad SMARTS) is 1. The van der Waals surface area contributed by atoms with Gasteiger partial charge in [0.15, 0.2) is 0 Å². The van der Waals surface area contributed by atoms with E-state index in [1.165, 1.54) is 0 Å². The Labute approximate surface area is 96.0 Å². The minimum absolute atomic E-state index is 0.0377. The van der Waals surface area contributed by atoms with Crippen LogP contribution in [-0.4, -0.2) is 59.5 Å². The van der Waals surface area contributed by atoms with Crippen LogP contribution < -0.4 is 0 Å². The van der Waals surface area contributed by atoms with Crippen molar-refractivity contribution >= 4 is 11.9 Å². The standard InChI is InChI=1S/C11H20N2O3/c1-3-5-13-7-4-6-12(2)9(11(13)16)8-10(14)15/h9H,3-8H2,1-2H3,(H,14,15). The van der Waals surface area contributed by atoms with Crippen LogP contribution in [0.15, 0.2) is 0 Å². The van der Waals surface area contributed by atoms with E-state index in [1.54, 1.807) is 4.90 Å². The lowest BCUT2D eigenvalue weighted by Gasteiger charge is -2.26. The fourth-order valence-corrected chi connectivity index (χ4v) is 2.08. The molecule has 1 atom stereocenters. The Kier molecular flexibility index (Phi) is 4.73. The molecular weight excluding hydrogens is 208 g/mol. The maximum Gasteiger partial charge on any atom is 0.305 e. The van der Waals surface area contributed by atoms with E-state index in [9.17, 15) is 9.59 Å². The number of carbonyl (C=O) groups excluding carboxylic acids is 1. The predicted molar refractivity (Wildman–Crippen MR) is 60.2 cm³/mol. The minimum atomic E-state index is -0.913. The van der Waals surface area contributed by atoms with Crippen LogP contribution in [0.25, 0.3) is 0 Å². The number of carboxylic acids is 1. The average Bonchev–Trinajstić information content (AvgIpc) is 2.33. The fraction of sp³-hybridized carbons (Fsp3) is 0.818. The Morgan fingerprint density at radius 1 is 1.50 bits per heavy atom. The van der Waals surface area contributed by atoms with Gasteiger partial charge in [-0.25, -0.2) is 0 Å². The first kappa shape index (κ1) is 13.0. The molecule has 1 heterocycles.